The number of nitrogens with zero attached hydrogens (tertiary/aromatic N) is 1. The van der Waals surface area contributed by atoms with Crippen LogP contribution >= 0.6 is 0 Å². The molecular formula is C8H12N3O+. The Balaban J connectivity index is 2.85. The van der Waals surface area contributed by atoms with Crippen molar-refractivity contribution in [3.8, 4) is 5.88 Å². The van der Waals surface area contributed by atoms with Crippen molar-refractivity contribution in [3.63, 3.8) is 0 Å². The first kappa shape index (κ1) is 8.52. The van der Waals surface area contributed by atoms with E-state index in [0.29, 0.717) is 11.7 Å². The quantitative estimate of drug-likeness (QED) is 0.514. The molecule has 12 heavy (non-hydrogen) atoms. The zero-order valence-corrected chi connectivity index (χ0v) is 7.16. The van der Waals surface area contributed by atoms with E-state index in [4.69, 9.17) is 10.5 Å². The number of nitrogens with one attached hydrogen (secondary N) is 1. The minimum atomic E-state index is 0.536. The maximum Gasteiger partial charge on any atom is 0.365 e. The first-order valence-corrected chi connectivity index (χ1v) is 3.59. The maximum atomic E-state index is 5.40. The molecule has 0 spiro atoms. The summed E-state index contributed by atoms with van der Waals surface area (Å²) in [5, 5.41) is 0. The molecular weight excluding hydrogens is 154 g/mol. The second-order valence-corrected chi connectivity index (χ2v) is 2.37. The molecule has 1 aromatic heterocycles. The zero-order chi connectivity index (χ0) is 8.97. The van der Waals surface area contributed by atoms with Crippen molar-refractivity contribution in [2.45, 2.75) is 6.92 Å². The third kappa shape index (κ3) is 2.23. The van der Waals surface area contributed by atoms with Crippen LogP contribution in [0.3, 0.4) is 0 Å². The first-order chi connectivity index (χ1) is 5.72. The van der Waals surface area contributed by atoms with Gasteiger partial charge in [0.1, 0.15) is 5.69 Å². The molecule has 0 aliphatic carbocycles. The number of pyridine rings is 1. The van der Waals surface area contributed by atoms with Gasteiger partial charge in [-0.3, -0.25) is 0 Å². The Morgan fingerprint density at radius 1 is 1.58 bits per heavy atom. The van der Waals surface area contributed by atoms with Crippen LogP contribution < -0.4 is 15.5 Å². The predicted octanol–water partition coefficient (Wildman–Crippen LogP) is 0.518. The minimum Gasteiger partial charge on any atom is -0.448 e. The molecule has 0 aliphatic heterocycles. The molecule has 0 aliphatic rings. The van der Waals surface area contributed by atoms with Crippen LogP contribution in [-0.4, -0.2) is 12.9 Å². The molecule has 64 valence electrons. The third-order valence-electron chi connectivity index (χ3n) is 1.29. The highest BCUT2D eigenvalue weighted by Crippen LogP contribution is 2.09. The van der Waals surface area contributed by atoms with Crippen molar-refractivity contribution in [1.29, 1.82) is 0 Å². The van der Waals surface area contributed by atoms with Gasteiger partial charge in [-0.1, -0.05) is 0 Å². The Morgan fingerprint density at radius 2 is 2.33 bits per heavy atom. The summed E-state index contributed by atoms with van der Waals surface area (Å²) in [6.07, 6.45) is 1.73. The SMILES string of the molecule is COc1ccc(N=C(C)N)c[nH+]1. The fourth-order valence-corrected chi connectivity index (χ4v) is 0.803. The Labute approximate surface area is 71.1 Å². The third-order valence-corrected chi connectivity index (χ3v) is 1.29. The minimum absolute atomic E-state index is 0.536. The number of methoxy groups -OCH3 is 1. The van der Waals surface area contributed by atoms with E-state index in [9.17, 15) is 0 Å². The summed E-state index contributed by atoms with van der Waals surface area (Å²) in [5.41, 5.74) is 6.19. The van der Waals surface area contributed by atoms with Gasteiger partial charge in [-0.15, -0.1) is 0 Å². The largest absolute Gasteiger partial charge is 0.448 e. The summed E-state index contributed by atoms with van der Waals surface area (Å²) in [6.45, 7) is 1.74. The maximum absolute atomic E-state index is 5.40. The number of nitrogens with two attached hydrogens (primary N) is 1. The number of aromatic amines is 1. The Hall–Kier alpha value is -1.58. The van der Waals surface area contributed by atoms with Gasteiger partial charge in [-0.05, 0) is 13.0 Å². The van der Waals surface area contributed by atoms with Crippen LogP contribution in [0.2, 0.25) is 0 Å². The van der Waals surface area contributed by atoms with Gasteiger partial charge in [0, 0.05) is 0 Å². The molecule has 3 N–H and O–H groups in total. The number of H-pyrrole nitrogens is 1. The second-order valence-electron chi connectivity index (χ2n) is 2.37. The smallest absolute Gasteiger partial charge is 0.365 e. The summed E-state index contributed by atoms with van der Waals surface area (Å²) in [7, 11) is 1.60. The van der Waals surface area contributed by atoms with Crippen molar-refractivity contribution < 1.29 is 9.72 Å². The van der Waals surface area contributed by atoms with Gasteiger partial charge in [-0.2, -0.15) is 4.98 Å². The predicted molar refractivity (Wildman–Crippen MR) is 46.5 cm³/mol. The number of aliphatic imine (C=N–C) groups is 1. The van der Waals surface area contributed by atoms with Gasteiger partial charge in [-0.25, -0.2) is 4.99 Å². The monoisotopic (exact) mass is 166 g/mol. The highest BCUT2D eigenvalue weighted by molar-refractivity contribution is 5.80. The summed E-state index contributed by atoms with van der Waals surface area (Å²) < 4.78 is 4.94. The van der Waals surface area contributed by atoms with E-state index < -0.39 is 0 Å². The lowest BCUT2D eigenvalue weighted by Gasteiger charge is -1.92. The van der Waals surface area contributed by atoms with Crippen LogP contribution in [0.15, 0.2) is 23.3 Å². The fourth-order valence-electron chi connectivity index (χ4n) is 0.803. The van der Waals surface area contributed by atoms with E-state index in [0.717, 1.165) is 5.69 Å². The molecule has 0 aromatic carbocycles. The molecule has 0 bridgehead atoms. The normalized spacial score (nSPS) is 11.3. The van der Waals surface area contributed by atoms with E-state index in [1.165, 1.54) is 0 Å². The van der Waals surface area contributed by atoms with Gasteiger partial charge < -0.3 is 10.5 Å². The molecule has 4 heteroatoms. The summed E-state index contributed by atoms with van der Waals surface area (Å²) in [5.74, 6) is 1.23. The van der Waals surface area contributed by atoms with Crippen LogP contribution in [0, 0.1) is 0 Å². The molecule has 0 amide bonds. The number of amidine groups is 1. The van der Waals surface area contributed by atoms with Crippen LogP contribution in [-0.2, 0) is 0 Å². The lowest BCUT2D eigenvalue weighted by molar-refractivity contribution is -0.392. The lowest BCUT2D eigenvalue weighted by atomic mass is 10.4. The summed E-state index contributed by atoms with van der Waals surface area (Å²) >= 11 is 0. The van der Waals surface area contributed by atoms with Crippen LogP contribution in [0.25, 0.3) is 0 Å². The highest BCUT2D eigenvalue weighted by atomic mass is 16.5. The van der Waals surface area contributed by atoms with Crippen LogP contribution in [0.1, 0.15) is 6.92 Å². The Morgan fingerprint density at radius 3 is 2.75 bits per heavy atom. The number of aromatic nitrogens is 1. The Bertz CT molecular complexity index is 275. The molecule has 0 radical (unpaired) electrons. The van der Waals surface area contributed by atoms with Crippen LogP contribution in [0.5, 0.6) is 5.88 Å². The molecule has 0 atom stereocenters. The van der Waals surface area contributed by atoms with E-state index in [-0.39, 0.29) is 0 Å². The molecule has 1 heterocycles. The molecule has 0 saturated carbocycles. The molecule has 1 aromatic rings. The molecule has 0 unspecified atom stereocenters. The van der Waals surface area contributed by atoms with Crippen molar-refractivity contribution in [1.82, 2.24) is 0 Å². The molecule has 0 fully saturated rings. The van der Waals surface area contributed by atoms with Crippen molar-refractivity contribution in [3.05, 3.63) is 18.3 Å². The van der Waals surface area contributed by atoms with E-state index in [2.05, 4.69) is 9.98 Å². The van der Waals surface area contributed by atoms with E-state index in [1.54, 1.807) is 26.3 Å². The van der Waals surface area contributed by atoms with E-state index >= 15 is 0 Å². The van der Waals surface area contributed by atoms with Crippen molar-refractivity contribution >= 4 is 11.5 Å². The second kappa shape index (κ2) is 3.71. The van der Waals surface area contributed by atoms with Gasteiger partial charge in [0.05, 0.1) is 19.0 Å². The van der Waals surface area contributed by atoms with Gasteiger partial charge in [0.15, 0.2) is 6.20 Å². The van der Waals surface area contributed by atoms with Gasteiger partial charge in [0.2, 0.25) is 0 Å². The summed E-state index contributed by atoms with van der Waals surface area (Å²) in [6, 6.07) is 3.62. The zero-order valence-electron chi connectivity index (χ0n) is 7.16. The van der Waals surface area contributed by atoms with Crippen LogP contribution in [0.4, 0.5) is 5.69 Å². The van der Waals surface area contributed by atoms with Crippen molar-refractivity contribution in [2.24, 2.45) is 10.7 Å². The average molecular weight is 166 g/mol. The summed E-state index contributed by atoms with van der Waals surface area (Å²) in [4.78, 5) is 6.95. The average Bonchev–Trinajstić information content (AvgIpc) is 2.05. The molecule has 1 rings (SSSR count). The molecule has 4 nitrogen and oxygen atoms in total. The van der Waals surface area contributed by atoms with Gasteiger partial charge >= 0.3 is 5.88 Å². The standard InChI is InChI=1S/C8H11N3O/c1-6(9)11-7-3-4-8(12-2)10-5-7/h3-5H,1-2H3,(H2,9,11)/p+1. The van der Waals surface area contributed by atoms with E-state index in [1.807, 2.05) is 6.07 Å². The number of hydrogen-bond acceptors (Lipinski definition) is 2. The first-order valence-electron chi connectivity index (χ1n) is 3.59. The van der Waals surface area contributed by atoms with Gasteiger partial charge in [0.25, 0.3) is 0 Å². The van der Waals surface area contributed by atoms with Crippen molar-refractivity contribution in [2.75, 3.05) is 7.11 Å². The number of hydrogen-bond donors (Lipinski definition) is 1. The Kier molecular flexibility index (Phi) is 2.63. The topological polar surface area (TPSA) is 61.8 Å². The lowest BCUT2D eigenvalue weighted by Crippen LogP contribution is -2.07. The molecule has 0 saturated heterocycles. The fraction of sp³-hybridized carbons (Fsp3) is 0.250. The number of rotatable bonds is 2. The highest BCUT2D eigenvalue weighted by Gasteiger charge is 1.99. The number of ether oxygens (including phenoxy) is 1.